The molecule has 1 atom stereocenters. The standard InChI is InChI=1S/C18H14N2S/c19-18(15-10-17-16(20-11-15)7-8-21-17)14-6-5-12-3-1-2-4-13(12)9-14/h1-11,18H,19H2. The fraction of sp³-hybridized carbons (Fsp3) is 0.0556. The molecule has 3 heteroatoms. The van der Waals surface area contributed by atoms with Crippen molar-refractivity contribution in [2.24, 2.45) is 5.73 Å². The summed E-state index contributed by atoms with van der Waals surface area (Å²) in [5.41, 5.74) is 9.64. The Kier molecular flexibility index (Phi) is 2.95. The first-order valence-corrected chi connectivity index (χ1v) is 7.77. The molecule has 0 fully saturated rings. The van der Waals surface area contributed by atoms with Gasteiger partial charge in [-0.25, -0.2) is 0 Å². The number of hydrogen-bond acceptors (Lipinski definition) is 3. The Labute approximate surface area is 126 Å². The molecular weight excluding hydrogens is 276 g/mol. The van der Waals surface area contributed by atoms with Crippen LogP contribution in [-0.2, 0) is 0 Å². The number of pyridine rings is 1. The van der Waals surface area contributed by atoms with Gasteiger partial charge in [-0.15, -0.1) is 11.3 Å². The summed E-state index contributed by atoms with van der Waals surface area (Å²) in [6.07, 6.45) is 1.88. The molecule has 2 aromatic heterocycles. The van der Waals surface area contributed by atoms with Gasteiger partial charge in [-0.2, -0.15) is 0 Å². The van der Waals surface area contributed by atoms with Crippen LogP contribution in [0, 0.1) is 0 Å². The number of hydrogen-bond donors (Lipinski definition) is 1. The minimum atomic E-state index is -0.145. The fourth-order valence-corrected chi connectivity index (χ4v) is 3.41. The molecule has 0 radical (unpaired) electrons. The predicted molar refractivity (Wildman–Crippen MR) is 89.6 cm³/mol. The number of thiophene rings is 1. The van der Waals surface area contributed by atoms with Crippen LogP contribution in [0.5, 0.6) is 0 Å². The van der Waals surface area contributed by atoms with Gasteiger partial charge in [0.15, 0.2) is 0 Å². The molecule has 2 N–H and O–H groups in total. The van der Waals surface area contributed by atoms with Crippen LogP contribution < -0.4 is 5.73 Å². The molecule has 0 aliphatic heterocycles. The monoisotopic (exact) mass is 290 g/mol. The summed E-state index contributed by atoms with van der Waals surface area (Å²) in [6, 6.07) is 18.8. The van der Waals surface area contributed by atoms with Crippen molar-refractivity contribution in [3.8, 4) is 0 Å². The highest BCUT2D eigenvalue weighted by Crippen LogP contribution is 2.27. The van der Waals surface area contributed by atoms with Gasteiger partial charge < -0.3 is 5.73 Å². The Balaban J connectivity index is 1.79. The molecular formula is C18H14N2S. The van der Waals surface area contributed by atoms with Crippen LogP contribution in [0.3, 0.4) is 0 Å². The zero-order valence-corrected chi connectivity index (χ0v) is 12.2. The summed E-state index contributed by atoms with van der Waals surface area (Å²) in [7, 11) is 0. The van der Waals surface area contributed by atoms with Crippen LogP contribution in [0.2, 0.25) is 0 Å². The number of nitrogens with two attached hydrogens (primary N) is 1. The molecule has 0 aliphatic carbocycles. The smallest absolute Gasteiger partial charge is 0.0809 e. The zero-order chi connectivity index (χ0) is 14.2. The van der Waals surface area contributed by atoms with Crippen LogP contribution >= 0.6 is 11.3 Å². The number of nitrogens with zero attached hydrogens (tertiary/aromatic N) is 1. The number of benzene rings is 2. The van der Waals surface area contributed by atoms with E-state index in [0.717, 1.165) is 16.6 Å². The first kappa shape index (κ1) is 12.5. The SMILES string of the molecule is NC(c1ccc2ccccc2c1)c1cnc2ccsc2c1. The lowest BCUT2D eigenvalue weighted by atomic mass is 9.98. The lowest BCUT2D eigenvalue weighted by Crippen LogP contribution is -2.11. The van der Waals surface area contributed by atoms with Crippen molar-refractivity contribution in [2.75, 3.05) is 0 Å². The summed E-state index contributed by atoms with van der Waals surface area (Å²) < 4.78 is 1.18. The van der Waals surface area contributed by atoms with E-state index in [-0.39, 0.29) is 6.04 Å². The molecule has 4 rings (SSSR count). The van der Waals surface area contributed by atoms with E-state index in [1.165, 1.54) is 15.5 Å². The average molecular weight is 290 g/mol. The highest BCUT2D eigenvalue weighted by atomic mass is 32.1. The second kappa shape index (κ2) is 4.95. The highest BCUT2D eigenvalue weighted by molar-refractivity contribution is 7.17. The van der Waals surface area contributed by atoms with Crippen molar-refractivity contribution in [2.45, 2.75) is 6.04 Å². The van der Waals surface area contributed by atoms with Gasteiger partial charge in [-0.3, -0.25) is 4.98 Å². The van der Waals surface area contributed by atoms with E-state index < -0.39 is 0 Å². The van der Waals surface area contributed by atoms with Gasteiger partial charge in [0.2, 0.25) is 0 Å². The van der Waals surface area contributed by atoms with Crippen LogP contribution in [0.1, 0.15) is 17.2 Å². The van der Waals surface area contributed by atoms with Crippen molar-refractivity contribution in [3.05, 3.63) is 77.3 Å². The van der Waals surface area contributed by atoms with Gasteiger partial charge in [-0.1, -0.05) is 36.4 Å². The topological polar surface area (TPSA) is 38.9 Å². The van der Waals surface area contributed by atoms with Crippen LogP contribution in [-0.4, -0.2) is 4.98 Å². The molecule has 21 heavy (non-hydrogen) atoms. The maximum absolute atomic E-state index is 6.43. The Bertz CT molecular complexity index is 926. The van der Waals surface area contributed by atoms with E-state index in [1.807, 2.05) is 12.3 Å². The van der Waals surface area contributed by atoms with Crippen LogP contribution in [0.15, 0.2) is 66.2 Å². The summed E-state index contributed by atoms with van der Waals surface area (Å²) >= 11 is 1.70. The molecule has 4 aromatic rings. The third-order valence-electron chi connectivity index (χ3n) is 3.82. The second-order valence-corrected chi connectivity index (χ2v) is 6.10. The lowest BCUT2D eigenvalue weighted by Gasteiger charge is -2.13. The van der Waals surface area contributed by atoms with E-state index in [1.54, 1.807) is 11.3 Å². The van der Waals surface area contributed by atoms with Crippen molar-refractivity contribution < 1.29 is 0 Å². The largest absolute Gasteiger partial charge is 0.320 e. The van der Waals surface area contributed by atoms with Gasteiger partial charge in [0.1, 0.15) is 0 Å². The van der Waals surface area contributed by atoms with Crippen molar-refractivity contribution >= 4 is 32.3 Å². The normalized spacial score (nSPS) is 12.8. The maximum atomic E-state index is 6.43. The first-order chi connectivity index (χ1) is 10.3. The molecule has 0 saturated heterocycles. The van der Waals surface area contributed by atoms with Crippen LogP contribution in [0.4, 0.5) is 0 Å². The van der Waals surface area contributed by atoms with Gasteiger partial charge >= 0.3 is 0 Å². The molecule has 102 valence electrons. The molecule has 0 saturated carbocycles. The number of fused-ring (bicyclic) bond motifs is 2. The summed E-state index contributed by atoms with van der Waals surface area (Å²) in [4.78, 5) is 4.48. The summed E-state index contributed by atoms with van der Waals surface area (Å²) in [5.74, 6) is 0. The average Bonchev–Trinajstić information content (AvgIpc) is 3.01. The first-order valence-electron chi connectivity index (χ1n) is 6.89. The zero-order valence-electron chi connectivity index (χ0n) is 11.4. The molecule has 0 aliphatic rings. The van der Waals surface area contributed by atoms with E-state index in [4.69, 9.17) is 5.73 Å². The molecule has 0 bridgehead atoms. The van der Waals surface area contributed by atoms with Gasteiger partial charge in [0.05, 0.1) is 16.3 Å². The Morgan fingerprint density at radius 3 is 2.67 bits per heavy atom. The van der Waals surface area contributed by atoms with Gasteiger partial charge in [0.25, 0.3) is 0 Å². The molecule has 0 spiro atoms. The number of aromatic nitrogens is 1. The minimum absolute atomic E-state index is 0.145. The van der Waals surface area contributed by atoms with E-state index in [0.29, 0.717) is 0 Å². The van der Waals surface area contributed by atoms with Crippen LogP contribution in [0.25, 0.3) is 21.0 Å². The minimum Gasteiger partial charge on any atom is -0.320 e. The molecule has 2 aromatic carbocycles. The highest BCUT2D eigenvalue weighted by Gasteiger charge is 2.11. The Hall–Kier alpha value is -2.23. The van der Waals surface area contributed by atoms with E-state index in [9.17, 15) is 0 Å². The summed E-state index contributed by atoms with van der Waals surface area (Å²) in [6.45, 7) is 0. The van der Waals surface area contributed by atoms with E-state index in [2.05, 4.69) is 58.9 Å². The molecule has 2 nitrogen and oxygen atoms in total. The quantitative estimate of drug-likeness (QED) is 0.590. The van der Waals surface area contributed by atoms with Crippen molar-refractivity contribution in [3.63, 3.8) is 0 Å². The molecule has 1 unspecified atom stereocenters. The van der Waals surface area contributed by atoms with Gasteiger partial charge in [0, 0.05) is 6.20 Å². The Morgan fingerprint density at radius 1 is 0.905 bits per heavy atom. The third kappa shape index (κ3) is 2.20. The fourth-order valence-electron chi connectivity index (χ4n) is 2.63. The second-order valence-electron chi connectivity index (χ2n) is 5.16. The van der Waals surface area contributed by atoms with Gasteiger partial charge in [-0.05, 0) is 45.5 Å². The summed E-state index contributed by atoms with van der Waals surface area (Å²) in [5, 5.41) is 4.51. The van der Waals surface area contributed by atoms with Crippen molar-refractivity contribution in [1.29, 1.82) is 0 Å². The van der Waals surface area contributed by atoms with Crippen molar-refractivity contribution in [1.82, 2.24) is 4.98 Å². The van der Waals surface area contributed by atoms with E-state index >= 15 is 0 Å². The lowest BCUT2D eigenvalue weighted by molar-refractivity contribution is 0.869. The third-order valence-corrected chi connectivity index (χ3v) is 4.67. The Morgan fingerprint density at radius 2 is 1.76 bits per heavy atom. The molecule has 0 amide bonds. The number of rotatable bonds is 2. The predicted octanol–water partition coefficient (Wildman–Crippen LogP) is 4.50. The maximum Gasteiger partial charge on any atom is 0.0809 e. The molecule has 2 heterocycles.